The van der Waals surface area contributed by atoms with Crippen molar-refractivity contribution in [2.45, 2.75) is 26.0 Å². The van der Waals surface area contributed by atoms with Gasteiger partial charge in [0, 0.05) is 15.7 Å². The molecule has 102 valence electrons. The number of hydrogen-bond donors (Lipinski definition) is 2. The number of nitrogens with one attached hydrogen (secondary N) is 1. The third-order valence-electron chi connectivity index (χ3n) is 3.17. The predicted molar refractivity (Wildman–Crippen MR) is 74.7 cm³/mol. The lowest BCUT2D eigenvalue weighted by atomic mass is 10.0. The molecule has 1 aromatic carbocycles. The average Bonchev–Trinajstić information content (AvgIpc) is 2.34. The van der Waals surface area contributed by atoms with E-state index in [2.05, 4.69) is 21.2 Å². The van der Waals surface area contributed by atoms with Gasteiger partial charge < -0.3 is 10.0 Å². The van der Waals surface area contributed by atoms with Gasteiger partial charge in [-0.1, -0.05) is 15.9 Å². The molecule has 1 heterocycles. The molecular weight excluding hydrogens is 312 g/mol. The Labute approximate surface area is 119 Å². The monoisotopic (exact) mass is 326 g/mol. The molecule has 0 radical (unpaired) electrons. The average molecular weight is 327 g/mol. The molecule has 5 nitrogen and oxygen atoms in total. The summed E-state index contributed by atoms with van der Waals surface area (Å²) in [6.45, 7) is 3.49. The Bertz CT molecular complexity index is 531. The molecule has 0 saturated carbocycles. The van der Waals surface area contributed by atoms with E-state index in [0.717, 1.165) is 4.47 Å². The van der Waals surface area contributed by atoms with Crippen LogP contribution in [0.2, 0.25) is 0 Å². The number of aliphatic hydroxyl groups excluding tert-OH is 1. The normalized spacial score (nSPS) is 21.3. The third-order valence-corrected chi connectivity index (χ3v) is 3.67. The van der Waals surface area contributed by atoms with E-state index in [9.17, 15) is 14.7 Å². The molecule has 2 amide bonds. The van der Waals surface area contributed by atoms with E-state index in [-0.39, 0.29) is 18.4 Å². The fourth-order valence-corrected chi connectivity index (χ4v) is 2.51. The summed E-state index contributed by atoms with van der Waals surface area (Å²) in [6.07, 6.45) is -0.681. The van der Waals surface area contributed by atoms with Gasteiger partial charge in [-0.2, -0.15) is 0 Å². The Morgan fingerprint density at radius 3 is 2.79 bits per heavy atom. The van der Waals surface area contributed by atoms with Crippen LogP contribution in [-0.4, -0.2) is 29.5 Å². The summed E-state index contributed by atoms with van der Waals surface area (Å²) >= 11 is 3.35. The Kier molecular flexibility index (Phi) is 3.91. The van der Waals surface area contributed by atoms with Crippen LogP contribution < -0.4 is 10.2 Å². The zero-order valence-electron chi connectivity index (χ0n) is 10.7. The zero-order valence-corrected chi connectivity index (χ0v) is 12.3. The quantitative estimate of drug-likeness (QED) is 0.805. The lowest BCUT2D eigenvalue weighted by Crippen LogP contribution is -2.57. The van der Waals surface area contributed by atoms with E-state index in [1.807, 2.05) is 6.07 Å². The van der Waals surface area contributed by atoms with Crippen molar-refractivity contribution >= 4 is 33.4 Å². The standard InChI is InChI=1S/C13H15BrN2O3/c1-7-13(19)15-12(18)6-16(7)11-4-3-9(14)5-10(11)8(2)17/h3-5,7-8,17H,6H2,1-2H3,(H,15,18,19). The van der Waals surface area contributed by atoms with Gasteiger partial charge in [-0.15, -0.1) is 0 Å². The summed E-state index contributed by atoms with van der Waals surface area (Å²) < 4.78 is 0.840. The number of benzene rings is 1. The Balaban J connectivity index is 2.45. The van der Waals surface area contributed by atoms with Gasteiger partial charge in [-0.3, -0.25) is 14.9 Å². The number of carbonyl (C=O) groups is 2. The maximum atomic E-state index is 11.7. The summed E-state index contributed by atoms with van der Waals surface area (Å²) in [5, 5.41) is 12.1. The topological polar surface area (TPSA) is 69.6 Å². The van der Waals surface area contributed by atoms with Gasteiger partial charge in [0.15, 0.2) is 0 Å². The van der Waals surface area contributed by atoms with Crippen molar-refractivity contribution in [1.82, 2.24) is 5.32 Å². The second-order valence-corrected chi connectivity index (χ2v) is 5.51. The molecule has 2 unspecified atom stereocenters. The lowest BCUT2D eigenvalue weighted by molar-refractivity contribution is -0.132. The van der Waals surface area contributed by atoms with Gasteiger partial charge in [-0.05, 0) is 32.0 Å². The third kappa shape index (κ3) is 2.79. The number of imide groups is 1. The second-order valence-electron chi connectivity index (χ2n) is 4.60. The summed E-state index contributed by atoms with van der Waals surface area (Å²) in [5.41, 5.74) is 1.39. The van der Waals surface area contributed by atoms with Crippen molar-refractivity contribution in [1.29, 1.82) is 0 Å². The van der Waals surface area contributed by atoms with Crippen molar-refractivity contribution in [3.05, 3.63) is 28.2 Å². The Morgan fingerprint density at radius 2 is 2.16 bits per heavy atom. The first-order chi connectivity index (χ1) is 8.90. The van der Waals surface area contributed by atoms with Gasteiger partial charge in [0.1, 0.15) is 6.04 Å². The van der Waals surface area contributed by atoms with Crippen LogP contribution >= 0.6 is 15.9 Å². The zero-order chi connectivity index (χ0) is 14.2. The van der Waals surface area contributed by atoms with E-state index < -0.39 is 12.1 Å². The first-order valence-corrected chi connectivity index (χ1v) is 6.77. The highest BCUT2D eigenvalue weighted by Crippen LogP contribution is 2.31. The molecule has 2 N–H and O–H groups in total. The SMILES string of the molecule is CC(O)c1cc(Br)ccc1N1CC(=O)NC(=O)C1C. The number of carbonyl (C=O) groups excluding carboxylic acids is 2. The number of hydrogen-bond acceptors (Lipinski definition) is 4. The smallest absolute Gasteiger partial charge is 0.249 e. The predicted octanol–water partition coefficient (Wildman–Crippen LogP) is 1.35. The summed E-state index contributed by atoms with van der Waals surface area (Å²) in [7, 11) is 0. The Morgan fingerprint density at radius 1 is 1.47 bits per heavy atom. The van der Waals surface area contributed by atoms with Crippen LogP contribution in [0.1, 0.15) is 25.5 Å². The highest BCUT2D eigenvalue weighted by atomic mass is 79.9. The highest BCUT2D eigenvalue weighted by Gasteiger charge is 2.31. The number of nitrogens with zero attached hydrogens (tertiary/aromatic N) is 1. The molecule has 2 atom stereocenters. The van der Waals surface area contributed by atoms with Gasteiger partial charge in [0.05, 0.1) is 12.6 Å². The summed E-state index contributed by atoms with van der Waals surface area (Å²) in [6, 6.07) is 4.97. The fraction of sp³-hybridized carbons (Fsp3) is 0.385. The minimum Gasteiger partial charge on any atom is -0.389 e. The van der Waals surface area contributed by atoms with Crippen LogP contribution in [0.4, 0.5) is 5.69 Å². The summed E-state index contributed by atoms with van der Waals surface area (Å²) in [5.74, 6) is -0.654. The van der Waals surface area contributed by atoms with E-state index in [0.29, 0.717) is 11.3 Å². The second kappa shape index (κ2) is 5.30. The maximum absolute atomic E-state index is 11.7. The van der Waals surface area contributed by atoms with E-state index >= 15 is 0 Å². The van der Waals surface area contributed by atoms with Crippen LogP contribution in [0.3, 0.4) is 0 Å². The van der Waals surface area contributed by atoms with Crippen LogP contribution in [0.15, 0.2) is 22.7 Å². The molecule has 0 spiro atoms. The minimum atomic E-state index is -0.681. The van der Waals surface area contributed by atoms with Crippen LogP contribution in [0.25, 0.3) is 0 Å². The van der Waals surface area contributed by atoms with Crippen molar-refractivity contribution in [2.24, 2.45) is 0 Å². The molecular formula is C13H15BrN2O3. The summed E-state index contributed by atoms with van der Waals surface area (Å²) in [4.78, 5) is 24.9. The molecule has 1 saturated heterocycles. The van der Waals surface area contributed by atoms with E-state index in [4.69, 9.17) is 0 Å². The number of aliphatic hydroxyl groups is 1. The minimum absolute atomic E-state index is 0.105. The molecule has 1 aromatic rings. The Hall–Kier alpha value is -1.40. The molecule has 1 aliphatic rings. The van der Waals surface area contributed by atoms with Crippen molar-refractivity contribution in [3.8, 4) is 0 Å². The number of rotatable bonds is 2. The van der Waals surface area contributed by atoms with Crippen LogP contribution in [0, 0.1) is 0 Å². The largest absolute Gasteiger partial charge is 0.389 e. The van der Waals surface area contributed by atoms with Crippen molar-refractivity contribution < 1.29 is 14.7 Å². The highest BCUT2D eigenvalue weighted by molar-refractivity contribution is 9.10. The number of piperazine rings is 1. The molecule has 1 fully saturated rings. The van der Waals surface area contributed by atoms with Gasteiger partial charge in [0.2, 0.25) is 11.8 Å². The molecule has 0 aromatic heterocycles. The molecule has 6 heteroatoms. The van der Waals surface area contributed by atoms with Crippen LogP contribution in [0.5, 0.6) is 0 Å². The van der Waals surface area contributed by atoms with E-state index in [1.165, 1.54) is 0 Å². The fourth-order valence-electron chi connectivity index (χ4n) is 2.13. The first kappa shape index (κ1) is 14.0. The van der Waals surface area contributed by atoms with Crippen molar-refractivity contribution in [2.75, 3.05) is 11.4 Å². The molecule has 1 aliphatic heterocycles. The van der Waals surface area contributed by atoms with Gasteiger partial charge >= 0.3 is 0 Å². The first-order valence-electron chi connectivity index (χ1n) is 5.98. The number of halogens is 1. The van der Waals surface area contributed by atoms with E-state index in [1.54, 1.807) is 30.9 Å². The van der Waals surface area contributed by atoms with Crippen LogP contribution in [-0.2, 0) is 9.59 Å². The number of anilines is 1. The lowest BCUT2D eigenvalue weighted by Gasteiger charge is -2.35. The number of amides is 2. The van der Waals surface area contributed by atoms with Gasteiger partial charge in [-0.25, -0.2) is 0 Å². The van der Waals surface area contributed by atoms with Crippen molar-refractivity contribution in [3.63, 3.8) is 0 Å². The molecule has 19 heavy (non-hydrogen) atoms. The molecule has 0 aliphatic carbocycles. The maximum Gasteiger partial charge on any atom is 0.249 e. The molecule has 2 rings (SSSR count). The van der Waals surface area contributed by atoms with Gasteiger partial charge in [0.25, 0.3) is 0 Å². The molecule has 0 bridgehead atoms.